The Labute approximate surface area is 112 Å². The summed E-state index contributed by atoms with van der Waals surface area (Å²) in [6.45, 7) is 2.34. The van der Waals surface area contributed by atoms with Crippen LogP contribution in [-0.4, -0.2) is 25.8 Å². The normalized spacial score (nSPS) is 11.1. The molecule has 20 heavy (non-hydrogen) atoms. The van der Waals surface area contributed by atoms with E-state index in [9.17, 15) is 9.59 Å². The highest BCUT2D eigenvalue weighted by Gasteiger charge is 2.12. The third-order valence-electron chi connectivity index (χ3n) is 3.09. The molecule has 1 aromatic carbocycles. The lowest BCUT2D eigenvalue weighted by atomic mass is 10.1. The number of carbonyl (C=O) groups is 1. The zero-order valence-corrected chi connectivity index (χ0v) is 10.6. The molecule has 0 amide bonds. The molecule has 0 aliphatic carbocycles. The molecule has 2 N–H and O–H groups in total. The largest absolute Gasteiger partial charge is 0.477 e. The number of aromatic carboxylic acids is 1. The number of hydrogen-bond donors (Lipinski definition) is 2. The number of aromatic amines is 1. The first kappa shape index (κ1) is 12.2. The predicted molar refractivity (Wildman–Crippen MR) is 70.7 cm³/mol. The van der Waals surface area contributed by atoms with Crippen LogP contribution in [0.2, 0.25) is 0 Å². The summed E-state index contributed by atoms with van der Waals surface area (Å²) in [6.07, 6.45) is 0. The van der Waals surface area contributed by atoms with E-state index in [4.69, 9.17) is 9.52 Å². The van der Waals surface area contributed by atoms with E-state index >= 15 is 0 Å². The van der Waals surface area contributed by atoms with Gasteiger partial charge in [-0.1, -0.05) is 0 Å². The molecule has 7 nitrogen and oxygen atoms in total. The molecule has 0 saturated heterocycles. The van der Waals surface area contributed by atoms with E-state index in [0.29, 0.717) is 28.9 Å². The van der Waals surface area contributed by atoms with E-state index in [2.05, 4.69) is 10.2 Å². The maximum Gasteiger partial charge on any atom is 0.419 e. The number of H-pyrrole nitrogens is 1. The summed E-state index contributed by atoms with van der Waals surface area (Å²) in [4.78, 5) is 22.4. The van der Waals surface area contributed by atoms with Crippen LogP contribution in [0.15, 0.2) is 33.5 Å². The maximum atomic E-state index is 11.6. The number of oxazole rings is 1. The molecule has 0 fully saturated rings. The van der Waals surface area contributed by atoms with Gasteiger partial charge in [-0.05, 0) is 31.2 Å². The van der Waals surface area contributed by atoms with Crippen molar-refractivity contribution in [2.45, 2.75) is 13.5 Å². The quantitative estimate of drug-likeness (QED) is 0.756. The highest BCUT2D eigenvalue weighted by Crippen LogP contribution is 2.23. The highest BCUT2D eigenvalue weighted by atomic mass is 16.4. The van der Waals surface area contributed by atoms with Gasteiger partial charge in [0.05, 0.1) is 11.2 Å². The molecule has 7 heteroatoms. The average molecular weight is 273 g/mol. The Balaban J connectivity index is 2.16. The number of benzene rings is 1. The number of aromatic nitrogens is 3. The van der Waals surface area contributed by atoms with Crippen LogP contribution in [-0.2, 0) is 6.54 Å². The van der Waals surface area contributed by atoms with Gasteiger partial charge in [0, 0.05) is 12.1 Å². The van der Waals surface area contributed by atoms with E-state index in [0.717, 1.165) is 0 Å². The number of aryl methyl sites for hydroxylation is 1. The summed E-state index contributed by atoms with van der Waals surface area (Å²) in [5, 5.41) is 15.3. The molecule has 3 rings (SSSR count). The minimum Gasteiger partial charge on any atom is -0.477 e. The smallest absolute Gasteiger partial charge is 0.419 e. The minimum atomic E-state index is -1.07. The van der Waals surface area contributed by atoms with E-state index in [1.165, 1.54) is 10.6 Å². The third-order valence-corrected chi connectivity index (χ3v) is 3.09. The van der Waals surface area contributed by atoms with Crippen molar-refractivity contribution in [3.05, 3.63) is 40.5 Å². The van der Waals surface area contributed by atoms with E-state index in [1.807, 2.05) is 6.92 Å². The zero-order chi connectivity index (χ0) is 14.3. The van der Waals surface area contributed by atoms with Crippen molar-refractivity contribution in [1.82, 2.24) is 14.8 Å². The van der Waals surface area contributed by atoms with E-state index < -0.39 is 11.7 Å². The minimum absolute atomic E-state index is 0.0140. The Hall–Kier alpha value is -2.83. The topological polar surface area (TPSA) is 101 Å². The second-order valence-corrected chi connectivity index (χ2v) is 4.27. The van der Waals surface area contributed by atoms with Gasteiger partial charge in [0.1, 0.15) is 5.69 Å². The molecule has 0 atom stereocenters. The van der Waals surface area contributed by atoms with Crippen molar-refractivity contribution in [3.63, 3.8) is 0 Å². The van der Waals surface area contributed by atoms with Crippen molar-refractivity contribution in [2.24, 2.45) is 0 Å². The van der Waals surface area contributed by atoms with Crippen LogP contribution in [0.3, 0.4) is 0 Å². The number of nitrogens with zero attached hydrogens (tertiary/aromatic N) is 2. The van der Waals surface area contributed by atoms with Crippen molar-refractivity contribution < 1.29 is 14.3 Å². The van der Waals surface area contributed by atoms with Crippen LogP contribution >= 0.6 is 0 Å². The molecule has 0 bridgehead atoms. The number of carboxylic acid groups (broad SMARTS) is 1. The van der Waals surface area contributed by atoms with Gasteiger partial charge in [-0.25, -0.2) is 9.59 Å². The van der Waals surface area contributed by atoms with Crippen LogP contribution in [0.4, 0.5) is 0 Å². The first-order valence-corrected chi connectivity index (χ1v) is 6.02. The van der Waals surface area contributed by atoms with Gasteiger partial charge >= 0.3 is 11.7 Å². The lowest BCUT2D eigenvalue weighted by Crippen LogP contribution is -2.11. The lowest BCUT2D eigenvalue weighted by molar-refractivity contribution is 0.0690. The van der Waals surface area contributed by atoms with Gasteiger partial charge < -0.3 is 9.52 Å². The number of nitrogens with one attached hydrogen (secondary N) is 1. The molecule has 0 saturated carbocycles. The first-order chi connectivity index (χ1) is 9.60. The molecule has 0 radical (unpaired) electrons. The van der Waals surface area contributed by atoms with Crippen LogP contribution in [0.25, 0.3) is 22.4 Å². The molecule has 2 aromatic heterocycles. The fraction of sp³-hybridized carbons (Fsp3) is 0.154. The monoisotopic (exact) mass is 273 g/mol. The van der Waals surface area contributed by atoms with Gasteiger partial charge in [-0.3, -0.25) is 9.67 Å². The molecule has 0 unspecified atom stereocenters. The van der Waals surface area contributed by atoms with Crippen LogP contribution in [0, 0.1) is 0 Å². The SMILES string of the molecule is CCn1c(=O)oc2ccc(-c3cc(C(=O)O)[nH]n3)cc21. The van der Waals surface area contributed by atoms with Crippen molar-refractivity contribution in [3.8, 4) is 11.3 Å². The summed E-state index contributed by atoms with van der Waals surface area (Å²) in [7, 11) is 0. The fourth-order valence-corrected chi connectivity index (χ4v) is 2.10. The Morgan fingerprint density at radius 1 is 1.45 bits per heavy atom. The number of hydrogen-bond acceptors (Lipinski definition) is 4. The molecule has 0 aliphatic heterocycles. The predicted octanol–water partition coefficient (Wildman–Crippen LogP) is 1.70. The maximum absolute atomic E-state index is 11.6. The van der Waals surface area contributed by atoms with Gasteiger partial charge in [0.25, 0.3) is 0 Å². The summed E-state index contributed by atoms with van der Waals surface area (Å²) < 4.78 is 6.61. The summed E-state index contributed by atoms with van der Waals surface area (Å²) in [5.74, 6) is -1.48. The zero-order valence-electron chi connectivity index (χ0n) is 10.6. The number of rotatable bonds is 3. The standard InChI is InChI=1S/C13H11N3O4/c1-2-16-10-5-7(3-4-11(10)20-13(16)19)8-6-9(12(17)18)15-14-8/h3-6H,2H2,1H3,(H,14,15)(H,17,18). The molecule has 2 heterocycles. The van der Waals surface area contributed by atoms with Crippen molar-refractivity contribution >= 4 is 17.1 Å². The Bertz CT molecular complexity index is 856. The Kier molecular flexibility index (Phi) is 2.67. The van der Waals surface area contributed by atoms with Gasteiger partial charge in [0.15, 0.2) is 5.58 Å². The molecule has 0 aliphatic rings. The number of fused-ring (bicyclic) bond motifs is 1. The Morgan fingerprint density at radius 3 is 2.90 bits per heavy atom. The molecule has 0 spiro atoms. The summed E-state index contributed by atoms with van der Waals surface area (Å²) in [6, 6.07) is 6.60. The number of carboxylic acids is 1. The molecule has 102 valence electrons. The summed E-state index contributed by atoms with van der Waals surface area (Å²) in [5.41, 5.74) is 2.38. The van der Waals surface area contributed by atoms with E-state index in [1.54, 1.807) is 18.2 Å². The van der Waals surface area contributed by atoms with Crippen LogP contribution in [0.5, 0.6) is 0 Å². The second kappa shape index (κ2) is 4.37. The lowest BCUT2D eigenvalue weighted by Gasteiger charge is -1.99. The fourth-order valence-electron chi connectivity index (χ4n) is 2.10. The Morgan fingerprint density at radius 2 is 2.25 bits per heavy atom. The first-order valence-electron chi connectivity index (χ1n) is 6.02. The van der Waals surface area contributed by atoms with Crippen molar-refractivity contribution in [2.75, 3.05) is 0 Å². The van der Waals surface area contributed by atoms with Gasteiger partial charge in [-0.15, -0.1) is 0 Å². The van der Waals surface area contributed by atoms with Gasteiger partial charge in [0.2, 0.25) is 0 Å². The second-order valence-electron chi connectivity index (χ2n) is 4.27. The van der Waals surface area contributed by atoms with Crippen LogP contribution in [0.1, 0.15) is 17.4 Å². The van der Waals surface area contributed by atoms with Gasteiger partial charge in [-0.2, -0.15) is 5.10 Å². The van der Waals surface area contributed by atoms with Crippen molar-refractivity contribution in [1.29, 1.82) is 0 Å². The third kappa shape index (κ3) is 1.80. The van der Waals surface area contributed by atoms with Crippen LogP contribution < -0.4 is 5.76 Å². The van der Waals surface area contributed by atoms with E-state index in [-0.39, 0.29) is 5.69 Å². The highest BCUT2D eigenvalue weighted by molar-refractivity contribution is 5.87. The molecular weight excluding hydrogens is 262 g/mol. The molecular formula is C13H11N3O4. The average Bonchev–Trinajstić information content (AvgIpc) is 3.01. The molecule has 3 aromatic rings. The summed E-state index contributed by atoms with van der Waals surface area (Å²) >= 11 is 0.